The van der Waals surface area contributed by atoms with Crippen LogP contribution in [0.4, 0.5) is 5.82 Å². The van der Waals surface area contributed by atoms with Gasteiger partial charge in [-0.3, -0.25) is 4.90 Å². The maximum absolute atomic E-state index is 9.23. The summed E-state index contributed by atoms with van der Waals surface area (Å²) in [6.45, 7) is 9.37. The van der Waals surface area contributed by atoms with E-state index in [9.17, 15) is 5.26 Å². The van der Waals surface area contributed by atoms with Crippen LogP contribution in [0.3, 0.4) is 0 Å². The molecule has 0 spiro atoms. The SMILES string of the molecule is Cc1cc(C)c(C#N)c(NCC(C)N2CCCC2)n1. The fraction of sp³-hybridized carbons (Fsp3) is 0.600. The molecule has 1 aromatic heterocycles. The number of aromatic nitrogens is 1. The Bertz CT molecular complexity index is 484. The van der Waals surface area contributed by atoms with Crippen LogP contribution in [0.5, 0.6) is 0 Å². The minimum atomic E-state index is 0.483. The second-order valence-electron chi connectivity index (χ2n) is 5.39. The normalized spacial score (nSPS) is 17.2. The molecule has 4 heteroatoms. The van der Waals surface area contributed by atoms with E-state index in [1.807, 2.05) is 19.9 Å². The first kappa shape index (κ1) is 13.8. The van der Waals surface area contributed by atoms with Gasteiger partial charge in [-0.15, -0.1) is 0 Å². The van der Waals surface area contributed by atoms with E-state index >= 15 is 0 Å². The minimum absolute atomic E-state index is 0.483. The summed E-state index contributed by atoms with van der Waals surface area (Å²) in [6, 6.07) is 4.68. The largest absolute Gasteiger partial charge is 0.367 e. The fourth-order valence-corrected chi connectivity index (χ4v) is 2.66. The van der Waals surface area contributed by atoms with Gasteiger partial charge in [-0.25, -0.2) is 4.98 Å². The predicted molar refractivity (Wildman–Crippen MR) is 77.2 cm³/mol. The monoisotopic (exact) mass is 258 g/mol. The highest BCUT2D eigenvalue weighted by atomic mass is 15.2. The Labute approximate surface area is 115 Å². The molecule has 0 radical (unpaired) electrons. The molecule has 1 aromatic rings. The molecule has 102 valence electrons. The summed E-state index contributed by atoms with van der Waals surface area (Å²) < 4.78 is 0. The summed E-state index contributed by atoms with van der Waals surface area (Å²) in [6.07, 6.45) is 2.60. The van der Waals surface area contributed by atoms with E-state index in [-0.39, 0.29) is 0 Å². The average Bonchev–Trinajstić information content (AvgIpc) is 2.89. The molecule has 2 rings (SSSR count). The van der Waals surface area contributed by atoms with Crippen molar-refractivity contribution < 1.29 is 0 Å². The number of aryl methyl sites for hydroxylation is 2. The molecule has 1 atom stereocenters. The molecule has 4 nitrogen and oxygen atoms in total. The lowest BCUT2D eigenvalue weighted by Crippen LogP contribution is -2.35. The van der Waals surface area contributed by atoms with Crippen LogP contribution in [0.1, 0.15) is 36.6 Å². The molecule has 1 N–H and O–H groups in total. The molecule has 0 amide bonds. The fourth-order valence-electron chi connectivity index (χ4n) is 2.66. The van der Waals surface area contributed by atoms with E-state index in [0.29, 0.717) is 11.6 Å². The molecule has 1 aliphatic rings. The number of anilines is 1. The van der Waals surface area contributed by atoms with Crippen molar-refractivity contribution >= 4 is 5.82 Å². The standard InChI is InChI=1S/C15H22N4/c1-11-8-12(2)18-15(14(11)9-16)17-10-13(3)19-6-4-5-7-19/h8,13H,4-7,10H2,1-3H3,(H,17,18). The number of nitriles is 1. The first-order valence-electron chi connectivity index (χ1n) is 6.98. The zero-order chi connectivity index (χ0) is 13.8. The Kier molecular flexibility index (Phi) is 4.39. The van der Waals surface area contributed by atoms with Crippen LogP contribution < -0.4 is 5.32 Å². The van der Waals surface area contributed by atoms with Crippen molar-refractivity contribution in [3.8, 4) is 6.07 Å². The highest BCUT2D eigenvalue weighted by Crippen LogP contribution is 2.18. The number of nitrogens with one attached hydrogen (secondary N) is 1. The predicted octanol–water partition coefficient (Wildman–Crippen LogP) is 2.47. The lowest BCUT2D eigenvalue weighted by molar-refractivity contribution is 0.269. The molecule has 0 aliphatic carbocycles. The van der Waals surface area contributed by atoms with Crippen LogP contribution in [-0.4, -0.2) is 35.6 Å². The van der Waals surface area contributed by atoms with Gasteiger partial charge in [0.25, 0.3) is 0 Å². The zero-order valence-electron chi connectivity index (χ0n) is 12.0. The van der Waals surface area contributed by atoms with Crippen LogP contribution in [0.25, 0.3) is 0 Å². The Morgan fingerprint density at radius 1 is 1.42 bits per heavy atom. The Morgan fingerprint density at radius 2 is 2.11 bits per heavy atom. The van der Waals surface area contributed by atoms with Crippen LogP contribution in [0.2, 0.25) is 0 Å². The van der Waals surface area contributed by atoms with E-state index in [1.54, 1.807) is 0 Å². The molecule has 0 aromatic carbocycles. The zero-order valence-corrected chi connectivity index (χ0v) is 12.0. The van der Waals surface area contributed by atoms with Crippen molar-refractivity contribution in [1.82, 2.24) is 9.88 Å². The summed E-state index contributed by atoms with van der Waals surface area (Å²) in [5.41, 5.74) is 2.61. The number of nitrogens with zero attached hydrogens (tertiary/aromatic N) is 3. The summed E-state index contributed by atoms with van der Waals surface area (Å²) in [5, 5.41) is 12.6. The van der Waals surface area contributed by atoms with E-state index in [0.717, 1.165) is 23.6 Å². The smallest absolute Gasteiger partial charge is 0.144 e. The molecule has 0 saturated carbocycles. The van der Waals surface area contributed by atoms with Crippen LogP contribution in [0.15, 0.2) is 6.07 Å². The van der Waals surface area contributed by atoms with Crippen LogP contribution >= 0.6 is 0 Å². The third-order valence-corrected chi connectivity index (χ3v) is 3.79. The van der Waals surface area contributed by atoms with Gasteiger partial charge in [-0.1, -0.05) is 0 Å². The Balaban J connectivity index is 2.04. The number of pyridine rings is 1. The van der Waals surface area contributed by atoms with Crippen molar-refractivity contribution in [2.45, 2.75) is 39.7 Å². The van der Waals surface area contributed by atoms with Crippen molar-refractivity contribution in [2.75, 3.05) is 25.0 Å². The van der Waals surface area contributed by atoms with E-state index in [1.165, 1.54) is 25.9 Å². The maximum atomic E-state index is 9.23. The number of likely N-dealkylation sites (tertiary alicyclic amines) is 1. The molecular formula is C15H22N4. The molecule has 1 fully saturated rings. The van der Waals surface area contributed by atoms with E-state index in [2.05, 4.69) is 28.2 Å². The van der Waals surface area contributed by atoms with E-state index in [4.69, 9.17) is 0 Å². The van der Waals surface area contributed by atoms with Crippen molar-refractivity contribution in [2.24, 2.45) is 0 Å². The summed E-state index contributed by atoms with van der Waals surface area (Å²) in [4.78, 5) is 6.94. The summed E-state index contributed by atoms with van der Waals surface area (Å²) >= 11 is 0. The van der Waals surface area contributed by atoms with Gasteiger partial charge in [0.2, 0.25) is 0 Å². The van der Waals surface area contributed by atoms with Gasteiger partial charge < -0.3 is 5.32 Å². The number of rotatable bonds is 4. The topological polar surface area (TPSA) is 52.0 Å². The Hall–Kier alpha value is -1.60. The lowest BCUT2D eigenvalue weighted by atomic mass is 10.1. The molecular weight excluding hydrogens is 236 g/mol. The van der Waals surface area contributed by atoms with Crippen LogP contribution in [0, 0.1) is 25.2 Å². The average molecular weight is 258 g/mol. The molecule has 0 bridgehead atoms. The second kappa shape index (κ2) is 6.03. The van der Waals surface area contributed by atoms with Gasteiger partial charge in [-0.05, 0) is 58.3 Å². The minimum Gasteiger partial charge on any atom is -0.367 e. The van der Waals surface area contributed by atoms with Crippen molar-refractivity contribution in [3.05, 3.63) is 22.9 Å². The lowest BCUT2D eigenvalue weighted by Gasteiger charge is -2.24. The van der Waals surface area contributed by atoms with Gasteiger partial charge in [0.15, 0.2) is 0 Å². The van der Waals surface area contributed by atoms with E-state index < -0.39 is 0 Å². The van der Waals surface area contributed by atoms with Gasteiger partial charge >= 0.3 is 0 Å². The van der Waals surface area contributed by atoms with Crippen LogP contribution in [-0.2, 0) is 0 Å². The summed E-state index contributed by atoms with van der Waals surface area (Å²) in [5.74, 6) is 0.728. The highest BCUT2D eigenvalue weighted by molar-refractivity contribution is 5.56. The van der Waals surface area contributed by atoms with Gasteiger partial charge in [0.1, 0.15) is 11.9 Å². The van der Waals surface area contributed by atoms with Gasteiger partial charge in [-0.2, -0.15) is 5.26 Å². The summed E-state index contributed by atoms with van der Waals surface area (Å²) in [7, 11) is 0. The molecule has 1 aliphatic heterocycles. The molecule has 2 heterocycles. The third kappa shape index (κ3) is 3.24. The second-order valence-corrected chi connectivity index (χ2v) is 5.39. The quantitative estimate of drug-likeness (QED) is 0.901. The third-order valence-electron chi connectivity index (χ3n) is 3.79. The number of hydrogen-bond donors (Lipinski definition) is 1. The maximum Gasteiger partial charge on any atom is 0.144 e. The number of hydrogen-bond acceptors (Lipinski definition) is 4. The molecule has 1 unspecified atom stereocenters. The molecule has 1 saturated heterocycles. The first-order valence-corrected chi connectivity index (χ1v) is 6.98. The van der Waals surface area contributed by atoms with Gasteiger partial charge in [0.05, 0.1) is 5.56 Å². The Morgan fingerprint density at radius 3 is 2.74 bits per heavy atom. The first-order chi connectivity index (χ1) is 9.11. The molecule has 19 heavy (non-hydrogen) atoms. The van der Waals surface area contributed by atoms with Crippen molar-refractivity contribution in [3.63, 3.8) is 0 Å². The highest BCUT2D eigenvalue weighted by Gasteiger charge is 2.18. The van der Waals surface area contributed by atoms with Gasteiger partial charge in [0, 0.05) is 18.3 Å². The van der Waals surface area contributed by atoms with Crippen molar-refractivity contribution in [1.29, 1.82) is 5.26 Å².